The molecule has 0 aliphatic carbocycles. The van der Waals surface area contributed by atoms with E-state index in [4.69, 9.17) is 4.98 Å². The molecule has 1 aliphatic heterocycles. The van der Waals surface area contributed by atoms with Crippen molar-refractivity contribution < 1.29 is 0 Å². The van der Waals surface area contributed by atoms with E-state index < -0.39 is 0 Å². The molecule has 0 bridgehead atoms. The Morgan fingerprint density at radius 2 is 1.62 bits per heavy atom. The molecule has 0 amide bonds. The van der Waals surface area contributed by atoms with Crippen molar-refractivity contribution in [3.63, 3.8) is 0 Å². The molecule has 0 N–H and O–H groups in total. The summed E-state index contributed by atoms with van der Waals surface area (Å²) in [6.45, 7) is 0. The lowest BCUT2D eigenvalue weighted by Crippen LogP contribution is -2.02. The van der Waals surface area contributed by atoms with Crippen LogP contribution < -0.4 is 0 Å². The Labute approximate surface area is 142 Å². The Kier molecular flexibility index (Phi) is 2.31. The van der Waals surface area contributed by atoms with Crippen LogP contribution >= 0.6 is 11.8 Å². The normalized spacial score (nSPS) is 12.8. The summed E-state index contributed by atoms with van der Waals surface area (Å²) < 4.78 is 2.33. The van der Waals surface area contributed by atoms with Gasteiger partial charge in [0.2, 0.25) is 0 Å². The van der Waals surface area contributed by atoms with Crippen molar-refractivity contribution in [2.45, 2.75) is 9.79 Å². The van der Waals surface area contributed by atoms with E-state index in [0.29, 0.717) is 0 Å². The van der Waals surface area contributed by atoms with E-state index in [1.165, 1.54) is 42.5 Å². The third kappa shape index (κ3) is 1.46. The minimum Gasteiger partial charge on any atom is -0.292 e. The third-order valence-corrected chi connectivity index (χ3v) is 5.99. The fourth-order valence-electron chi connectivity index (χ4n) is 3.80. The molecule has 0 atom stereocenters. The second-order valence-electron chi connectivity index (χ2n) is 6.10. The molecule has 0 saturated carbocycles. The topological polar surface area (TPSA) is 17.8 Å². The van der Waals surface area contributed by atoms with E-state index in [2.05, 4.69) is 65.2 Å². The number of pyridine rings is 1. The summed E-state index contributed by atoms with van der Waals surface area (Å²) in [5, 5.41) is 5.11. The lowest BCUT2D eigenvalue weighted by Gasteiger charge is -2.20. The van der Waals surface area contributed by atoms with Gasteiger partial charge in [0.25, 0.3) is 0 Å². The van der Waals surface area contributed by atoms with Gasteiger partial charge < -0.3 is 0 Å². The van der Waals surface area contributed by atoms with Crippen LogP contribution in [0.1, 0.15) is 0 Å². The van der Waals surface area contributed by atoms with Crippen molar-refractivity contribution in [3.05, 3.63) is 72.9 Å². The highest BCUT2D eigenvalue weighted by Crippen LogP contribution is 2.49. The molecule has 112 valence electrons. The number of benzene rings is 3. The van der Waals surface area contributed by atoms with Crippen LogP contribution in [0, 0.1) is 0 Å². The highest BCUT2D eigenvalue weighted by Gasteiger charge is 2.24. The van der Waals surface area contributed by atoms with E-state index in [1.54, 1.807) is 0 Å². The second-order valence-corrected chi connectivity index (χ2v) is 7.15. The number of hydrogen-bond acceptors (Lipinski definition) is 2. The van der Waals surface area contributed by atoms with Gasteiger partial charge in [-0.15, -0.1) is 0 Å². The summed E-state index contributed by atoms with van der Waals surface area (Å²) >= 11 is 1.87. The van der Waals surface area contributed by atoms with Gasteiger partial charge in [-0.05, 0) is 41.1 Å². The average Bonchev–Trinajstić information content (AvgIpc) is 2.98. The summed E-state index contributed by atoms with van der Waals surface area (Å²) in [6, 6.07) is 23.8. The van der Waals surface area contributed by atoms with Gasteiger partial charge in [-0.3, -0.25) is 4.57 Å². The summed E-state index contributed by atoms with van der Waals surface area (Å²) in [7, 11) is 0. The first-order chi connectivity index (χ1) is 11.9. The van der Waals surface area contributed by atoms with Gasteiger partial charge in [0.05, 0.1) is 11.2 Å². The predicted molar refractivity (Wildman–Crippen MR) is 100 cm³/mol. The molecule has 0 radical (unpaired) electrons. The Balaban J connectivity index is 1.98. The lowest BCUT2D eigenvalue weighted by molar-refractivity contribution is 1.07. The standard InChI is InChI=1S/C21H12N2S/c1-2-7-14-13(6-1)12-16-15-8-5-11-22-21(15)23-17-9-3-4-10-18(17)24-20(14)19(16)23/h1-12H. The maximum absolute atomic E-state index is 4.71. The van der Waals surface area contributed by atoms with Gasteiger partial charge in [-0.2, -0.15) is 0 Å². The van der Waals surface area contributed by atoms with Crippen LogP contribution in [-0.2, 0) is 0 Å². The fourth-order valence-corrected chi connectivity index (χ4v) is 5.02. The molecule has 0 fully saturated rings. The first kappa shape index (κ1) is 12.6. The van der Waals surface area contributed by atoms with Gasteiger partial charge in [0.1, 0.15) is 5.65 Å². The molecule has 0 spiro atoms. The van der Waals surface area contributed by atoms with E-state index >= 15 is 0 Å². The van der Waals surface area contributed by atoms with E-state index in [1.807, 2.05) is 24.0 Å². The number of para-hydroxylation sites is 1. The van der Waals surface area contributed by atoms with Gasteiger partial charge in [-0.25, -0.2) is 4.98 Å². The largest absolute Gasteiger partial charge is 0.292 e. The zero-order chi connectivity index (χ0) is 15.7. The fraction of sp³-hybridized carbons (Fsp3) is 0. The average molecular weight is 324 g/mol. The third-order valence-electron chi connectivity index (χ3n) is 4.81. The Morgan fingerprint density at radius 3 is 2.62 bits per heavy atom. The minimum atomic E-state index is 1.04. The maximum atomic E-state index is 4.71. The van der Waals surface area contributed by atoms with Crippen molar-refractivity contribution >= 4 is 44.5 Å². The highest BCUT2D eigenvalue weighted by atomic mass is 32.2. The maximum Gasteiger partial charge on any atom is 0.145 e. The Morgan fingerprint density at radius 1 is 0.792 bits per heavy atom. The SMILES string of the molecule is c1ccc2c(c1)Sc1c3ccccc3cc3c4cccnc4n-2c13. The van der Waals surface area contributed by atoms with Gasteiger partial charge in [-0.1, -0.05) is 48.2 Å². The van der Waals surface area contributed by atoms with Crippen molar-refractivity contribution in [1.82, 2.24) is 9.55 Å². The number of aromatic nitrogens is 2. The molecule has 0 saturated heterocycles. The van der Waals surface area contributed by atoms with Crippen LogP contribution in [0.25, 0.3) is 38.4 Å². The molecule has 6 rings (SSSR count). The lowest BCUT2D eigenvalue weighted by atomic mass is 10.1. The molecule has 3 heteroatoms. The summed E-state index contributed by atoms with van der Waals surface area (Å²) in [5.41, 5.74) is 3.55. The van der Waals surface area contributed by atoms with Gasteiger partial charge in [0, 0.05) is 26.8 Å². The van der Waals surface area contributed by atoms with Crippen molar-refractivity contribution in [2.24, 2.45) is 0 Å². The van der Waals surface area contributed by atoms with Crippen molar-refractivity contribution in [1.29, 1.82) is 0 Å². The number of hydrogen-bond donors (Lipinski definition) is 0. The molecular formula is C21H12N2S. The molecule has 2 nitrogen and oxygen atoms in total. The quantitative estimate of drug-likeness (QED) is 0.351. The van der Waals surface area contributed by atoms with Crippen LogP contribution in [0.5, 0.6) is 0 Å². The van der Waals surface area contributed by atoms with Crippen LogP contribution in [0.3, 0.4) is 0 Å². The minimum absolute atomic E-state index is 1.04. The van der Waals surface area contributed by atoms with Gasteiger partial charge >= 0.3 is 0 Å². The molecule has 2 aromatic heterocycles. The molecule has 3 aromatic carbocycles. The molecule has 0 unspecified atom stereocenters. The monoisotopic (exact) mass is 324 g/mol. The first-order valence-electron chi connectivity index (χ1n) is 8.00. The van der Waals surface area contributed by atoms with Crippen LogP contribution in [0.2, 0.25) is 0 Å². The number of nitrogens with zero attached hydrogens (tertiary/aromatic N) is 2. The summed E-state index contributed by atoms with van der Waals surface area (Å²) in [6.07, 6.45) is 1.88. The van der Waals surface area contributed by atoms with Crippen LogP contribution in [-0.4, -0.2) is 9.55 Å². The summed E-state index contributed by atoms with van der Waals surface area (Å²) in [4.78, 5) is 7.32. The van der Waals surface area contributed by atoms with Crippen molar-refractivity contribution in [3.8, 4) is 5.69 Å². The van der Waals surface area contributed by atoms with Gasteiger partial charge in [0.15, 0.2) is 0 Å². The highest BCUT2D eigenvalue weighted by molar-refractivity contribution is 8.00. The van der Waals surface area contributed by atoms with Crippen molar-refractivity contribution in [2.75, 3.05) is 0 Å². The number of fused-ring (bicyclic) bond motifs is 7. The molecular weight excluding hydrogens is 312 g/mol. The second kappa shape index (κ2) is 4.40. The first-order valence-corrected chi connectivity index (χ1v) is 8.81. The summed E-state index contributed by atoms with van der Waals surface area (Å²) in [5.74, 6) is 0. The molecule has 1 aliphatic rings. The van der Waals surface area contributed by atoms with Crippen LogP contribution in [0.15, 0.2) is 82.7 Å². The van der Waals surface area contributed by atoms with E-state index in [0.717, 1.165) is 5.65 Å². The predicted octanol–water partition coefficient (Wildman–Crippen LogP) is 5.80. The van der Waals surface area contributed by atoms with E-state index in [-0.39, 0.29) is 0 Å². The zero-order valence-corrected chi connectivity index (χ0v) is 13.5. The molecule has 5 aromatic rings. The smallest absolute Gasteiger partial charge is 0.145 e. The zero-order valence-electron chi connectivity index (χ0n) is 12.7. The van der Waals surface area contributed by atoms with Crippen LogP contribution in [0.4, 0.5) is 0 Å². The molecule has 24 heavy (non-hydrogen) atoms. The van der Waals surface area contributed by atoms with E-state index in [9.17, 15) is 0 Å². The Bertz CT molecular complexity index is 1280. The number of rotatable bonds is 0. The molecule has 3 heterocycles. The Hall–Kier alpha value is -2.78.